The van der Waals surface area contributed by atoms with Crippen molar-refractivity contribution in [3.05, 3.63) is 83.3 Å². The lowest BCUT2D eigenvalue weighted by molar-refractivity contribution is 0.100. The minimum Gasteiger partial charge on any atom is -0.458 e. The second-order valence-electron chi connectivity index (χ2n) is 5.35. The van der Waals surface area contributed by atoms with Crippen molar-refractivity contribution >= 4 is 17.4 Å². The monoisotopic (exact) mass is 338 g/mol. The number of aromatic nitrogens is 1. The molecule has 0 spiro atoms. The first-order valence-corrected chi connectivity index (χ1v) is 7.73. The number of ketones is 1. The van der Waals surface area contributed by atoms with Crippen LogP contribution in [0.1, 0.15) is 39.2 Å². The number of furan rings is 1. The van der Waals surface area contributed by atoms with Crippen LogP contribution >= 0.6 is 0 Å². The molecule has 0 bridgehead atoms. The third-order valence-corrected chi connectivity index (χ3v) is 3.63. The highest BCUT2D eigenvalue weighted by Crippen LogP contribution is 2.17. The normalized spacial score (nSPS) is 10.5. The number of rotatable bonds is 5. The lowest BCUT2D eigenvalue weighted by Gasteiger charge is -2.06. The van der Waals surface area contributed by atoms with E-state index in [2.05, 4.69) is 10.3 Å². The predicted octanol–water partition coefficient (Wildman–Crippen LogP) is 3.86. The Bertz CT molecular complexity index is 899. The van der Waals surface area contributed by atoms with E-state index in [9.17, 15) is 14.0 Å². The Kier molecular flexibility index (Phi) is 4.70. The fourth-order valence-corrected chi connectivity index (χ4v) is 2.25. The minimum atomic E-state index is -0.649. The molecule has 0 fully saturated rings. The third kappa shape index (κ3) is 3.80. The molecule has 1 amide bonds. The van der Waals surface area contributed by atoms with Crippen LogP contribution in [0.4, 0.5) is 10.1 Å². The van der Waals surface area contributed by atoms with Crippen molar-refractivity contribution < 1.29 is 18.4 Å². The summed E-state index contributed by atoms with van der Waals surface area (Å²) in [6, 6.07) is 12.3. The van der Waals surface area contributed by atoms with Crippen LogP contribution in [0.5, 0.6) is 0 Å². The van der Waals surface area contributed by atoms with Crippen molar-refractivity contribution in [2.24, 2.45) is 0 Å². The van der Waals surface area contributed by atoms with Gasteiger partial charge in [0.2, 0.25) is 11.7 Å². The number of nitrogens with one attached hydrogen (secondary N) is 1. The smallest absolute Gasteiger partial charge is 0.257 e. The molecule has 2 heterocycles. The van der Waals surface area contributed by atoms with Crippen molar-refractivity contribution in [2.75, 3.05) is 5.32 Å². The van der Waals surface area contributed by atoms with E-state index in [0.717, 1.165) is 24.4 Å². The summed E-state index contributed by atoms with van der Waals surface area (Å²) in [5.41, 5.74) is 1.21. The molecule has 3 rings (SSSR count). The molecule has 6 heteroatoms. The average molecular weight is 338 g/mol. The molecule has 25 heavy (non-hydrogen) atoms. The van der Waals surface area contributed by atoms with Crippen LogP contribution in [0, 0.1) is 5.95 Å². The zero-order valence-corrected chi connectivity index (χ0v) is 13.5. The van der Waals surface area contributed by atoms with Crippen molar-refractivity contribution in [1.82, 2.24) is 4.98 Å². The number of hydrogen-bond donors (Lipinski definition) is 1. The molecule has 0 aliphatic carbocycles. The van der Waals surface area contributed by atoms with Gasteiger partial charge in [-0.15, -0.1) is 0 Å². The number of carbonyl (C=O) groups is 2. The molecular formula is C19H15FN2O3. The maximum Gasteiger partial charge on any atom is 0.257 e. The Labute approximate surface area is 143 Å². The van der Waals surface area contributed by atoms with E-state index >= 15 is 0 Å². The number of hydrogen-bond acceptors (Lipinski definition) is 4. The first-order valence-electron chi connectivity index (χ1n) is 7.73. The quantitative estimate of drug-likeness (QED) is 0.566. The first-order chi connectivity index (χ1) is 12.1. The molecule has 0 unspecified atom stereocenters. The van der Waals surface area contributed by atoms with Gasteiger partial charge in [-0.2, -0.15) is 4.39 Å². The number of benzene rings is 1. The highest BCUT2D eigenvalue weighted by molar-refractivity contribution is 6.08. The van der Waals surface area contributed by atoms with E-state index in [4.69, 9.17) is 4.42 Å². The summed E-state index contributed by atoms with van der Waals surface area (Å²) in [4.78, 5) is 27.8. The molecule has 0 atom stereocenters. The highest BCUT2D eigenvalue weighted by atomic mass is 19.1. The summed E-state index contributed by atoms with van der Waals surface area (Å²) >= 11 is 0. The van der Waals surface area contributed by atoms with Gasteiger partial charge in [0.05, 0.1) is 5.56 Å². The summed E-state index contributed by atoms with van der Waals surface area (Å²) in [5, 5.41) is 2.66. The molecule has 2 aromatic heterocycles. The SMILES string of the molecule is CCc1ccc(C(=O)c2ccc(NC(=O)c3ccc(F)nc3)cc2)o1. The van der Waals surface area contributed by atoms with Gasteiger partial charge < -0.3 is 9.73 Å². The number of carbonyl (C=O) groups excluding carboxylic acids is 2. The molecule has 1 aromatic carbocycles. The van der Waals surface area contributed by atoms with E-state index < -0.39 is 11.9 Å². The summed E-state index contributed by atoms with van der Waals surface area (Å²) in [7, 11) is 0. The molecule has 0 saturated carbocycles. The Balaban J connectivity index is 1.70. The minimum absolute atomic E-state index is 0.222. The van der Waals surface area contributed by atoms with E-state index in [1.165, 1.54) is 6.07 Å². The zero-order chi connectivity index (χ0) is 17.8. The summed E-state index contributed by atoms with van der Waals surface area (Å²) in [5.74, 6) is -0.250. The molecule has 5 nitrogen and oxygen atoms in total. The summed E-state index contributed by atoms with van der Waals surface area (Å²) in [6.07, 6.45) is 1.88. The fraction of sp³-hybridized carbons (Fsp3) is 0.105. The number of anilines is 1. The Morgan fingerprint density at radius 2 is 1.76 bits per heavy atom. The molecule has 0 saturated heterocycles. The number of halogens is 1. The van der Waals surface area contributed by atoms with Gasteiger partial charge in [-0.3, -0.25) is 9.59 Å². The first kappa shape index (κ1) is 16.6. The van der Waals surface area contributed by atoms with Crippen LogP contribution < -0.4 is 5.32 Å². The second-order valence-corrected chi connectivity index (χ2v) is 5.35. The Morgan fingerprint density at radius 1 is 1.04 bits per heavy atom. The lowest BCUT2D eigenvalue weighted by atomic mass is 10.1. The van der Waals surface area contributed by atoms with Crippen molar-refractivity contribution in [3.63, 3.8) is 0 Å². The van der Waals surface area contributed by atoms with Gasteiger partial charge >= 0.3 is 0 Å². The summed E-state index contributed by atoms with van der Waals surface area (Å²) in [6.45, 7) is 1.95. The van der Waals surface area contributed by atoms with Crippen LogP contribution in [0.2, 0.25) is 0 Å². The molecule has 0 aliphatic heterocycles. The van der Waals surface area contributed by atoms with E-state index in [1.54, 1.807) is 36.4 Å². The van der Waals surface area contributed by atoms with Crippen LogP contribution in [0.3, 0.4) is 0 Å². The van der Waals surface area contributed by atoms with E-state index in [1.807, 2.05) is 6.92 Å². The molecule has 0 radical (unpaired) electrons. The maximum atomic E-state index is 12.8. The molecular weight excluding hydrogens is 323 g/mol. The Morgan fingerprint density at radius 3 is 2.36 bits per heavy atom. The number of aryl methyl sites for hydroxylation is 1. The second kappa shape index (κ2) is 7.09. The van der Waals surface area contributed by atoms with Gasteiger partial charge in [-0.1, -0.05) is 6.92 Å². The number of amides is 1. The zero-order valence-electron chi connectivity index (χ0n) is 13.5. The van der Waals surface area contributed by atoms with Crippen LogP contribution in [0.25, 0.3) is 0 Å². The van der Waals surface area contributed by atoms with Crippen molar-refractivity contribution in [3.8, 4) is 0 Å². The average Bonchev–Trinajstić information content (AvgIpc) is 3.11. The predicted molar refractivity (Wildman–Crippen MR) is 90.1 cm³/mol. The standard InChI is InChI=1S/C19H15FN2O3/c1-2-15-8-9-16(25-15)18(23)12-3-6-14(7-4-12)22-19(24)13-5-10-17(20)21-11-13/h3-11H,2H2,1H3,(H,22,24). The highest BCUT2D eigenvalue weighted by Gasteiger charge is 2.14. The maximum absolute atomic E-state index is 12.8. The molecule has 126 valence electrons. The van der Waals surface area contributed by atoms with Crippen LogP contribution in [-0.2, 0) is 6.42 Å². The van der Waals surface area contributed by atoms with Gasteiger partial charge in [0.15, 0.2) is 5.76 Å². The Hall–Kier alpha value is -3.28. The van der Waals surface area contributed by atoms with Gasteiger partial charge in [0.1, 0.15) is 5.76 Å². The largest absolute Gasteiger partial charge is 0.458 e. The van der Waals surface area contributed by atoms with Gasteiger partial charge in [0.25, 0.3) is 5.91 Å². The summed E-state index contributed by atoms with van der Waals surface area (Å²) < 4.78 is 18.2. The lowest BCUT2D eigenvalue weighted by Crippen LogP contribution is -2.12. The molecule has 1 N–H and O–H groups in total. The van der Waals surface area contributed by atoms with Crippen LogP contribution in [0.15, 0.2) is 59.1 Å². The topological polar surface area (TPSA) is 72.2 Å². The molecule has 3 aromatic rings. The van der Waals surface area contributed by atoms with Gasteiger partial charge in [0, 0.05) is 23.9 Å². The fourth-order valence-electron chi connectivity index (χ4n) is 2.25. The number of nitrogens with zero attached hydrogens (tertiary/aromatic N) is 1. The third-order valence-electron chi connectivity index (χ3n) is 3.63. The van der Waals surface area contributed by atoms with Crippen molar-refractivity contribution in [2.45, 2.75) is 13.3 Å². The van der Waals surface area contributed by atoms with Crippen LogP contribution in [-0.4, -0.2) is 16.7 Å². The van der Waals surface area contributed by atoms with E-state index in [-0.39, 0.29) is 17.1 Å². The van der Waals surface area contributed by atoms with Gasteiger partial charge in [-0.05, 0) is 48.5 Å². The molecule has 0 aliphatic rings. The van der Waals surface area contributed by atoms with E-state index in [0.29, 0.717) is 11.3 Å². The number of pyridine rings is 1. The van der Waals surface area contributed by atoms with Gasteiger partial charge in [-0.25, -0.2) is 4.98 Å². The van der Waals surface area contributed by atoms with Crippen molar-refractivity contribution in [1.29, 1.82) is 0 Å².